The number of hydrogen-bond donors (Lipinski definition) is 8. The van der Waals surface area contributed by atoms with E-state index in [2.05, 4.69) is 15.3 Å². The van der Waals surface area contributed by atoms with Crippen LogP contribution in [0, 0.1) is 6.92 Å². The van der Waals surface area contributed by atoms with Crippen LogP contribution in [-0.4, -0.2) is 256 Å². The van der Waals surface area contributed by atoms with E-state index in [1.54, 1.807) is 19.1 Å². The number of aliphatic hydroxyl groups excluding tert-OH is 6. The molecule has 0 saturated carbocycles. The molecule has 0 aliphatic carbocycles. The first-order valence-corrected chi connectivity index (χ1v) is 32.6. The van der Waals surface area contributed by atoms with Crippen LogP contribution >= 0.6 is 0 Å². The topological polar surface area (TPSA) is 429 Å². The van der Waals surface area contributed by atoms with Gasteiger partial charge in [0.1, 0.15) is 5.60 Å². The summed E-state index contributed by atoms with van der Waals surface area (Å²) in [5.41, 5.74) is 27.3. The third-order valence-corrected chi connectivity index (χ3v) is 11.1. The number of ether oxygens (including phenoxy) is 11. The number of nitrogens with zero attached hydrogens (tertiary/aromatic N) is 6. The first kappa shape index (κ1) is 111. The van der Waals surface area contributed by atoms with Crippen molar-refractivity contribution >= 4 is 16.2 Å². The van der Waals surface area contributed by atoms with Gasteiger partial charge in [-0.15, -0.1) is 0 Å². The zero-order valence-electron chi connectivity index (χ0n) is 58.9. The Bertz CT molecular complexity index is 1710. The van der Waals surface area contributed by atoms with Crippen molar-refractivity contribution in [3.63, 3.8) is 0 Å². The molecule has 1 amide bonds. The molecule has 0 bridgehead atoms. The number of carbonyl (C=O) groups excluding carboxylic acids is 1. The molecule has 0 heterocycles. The van der Waals surface area contributed by atoms with E-state index in [0.29, 0.717) is 190 Å². The van der Waals surface area contributed by atoms with Crippen LogP contribution in [0.1, 0.15) is 161 Å². The molecule has 0 unspecified atom stereocenters. The van der Waals surface area contributed by atoms with Crippen molar-refractivity contribution < 1.29 is 137 Å². The maximum atomic E-state index is 11.9. The Kier molecular flexibility index (Phi) is 125. The second-order valence-electron chi connectivity index (χ2n) is 19.1. The Morgan fingerprint density at radius 1 is 0.526 bits per heavy atom. The summed E-state index contributed by atoms with van der Waals surface area (Å²) in [7, 11) is -4.68. The summed E-state index contributed by atoms with van der Waals surface area (Å²) in [6, 6.07) is 6.56. The molecule has 1 rings (SSSR count). The number of aliphatic hydroxyl groups is 6. The van der Waals surface area contributed by atoms with Crippen molar-refractivity contribution in [2.24, 2.45) is 10.8 Å². The molecule has 0 aromatic heterocycles. The first-order chi connectivity index (χ1) is 45.0. The summed E-state index contributed by atoms with van der Waals surface area (Å²) in [5.74, 6) is 0. The second kappa shape index (κ2) is 107. The molecule has 1 aromatic rings. The van der Waals surface area contributed by atoms with Crippen molar-refractivity contribution in [3.05, 3.63) is 56.2 Å². The van der Waals surface area contributed by atoms with E-state index in [1.165, 1.54) is 17.0 Å². The molecular formula is C63H136FN8NaO21S. The predicted molar refractivity (Wildman–Crippen MR) is 370 cm³/mol. The minimum Gasteiger partial charge on any atom is -0.444 e. The van der Waals surface area contributed by atoms with Crippen molar-refractivity contribution in [1.82, 2.24) is 5.32 Å². The van der Waals surface area contributed by atoms with Gasteiger partial charge in [0.05, 0.1) is 20.0 Å². The Labute approximate surface area is 598 Å². The maximum absolute atomic E-state index is 11.9. The number of nitrogens with two attached hydrogens (primary N) is 1. The van der Waals surface area contributed by atoms with Gasteiger partial charge in [-0.05, 0) is 148 Å². The summed E-state index contributed by atoms with van der Waals surface area (Å²) in [4.78, 5) is 15.6. The van der Waals surface area contributed by atoms with E-state index in [-0.39, 0.29) is 103 Å². The Morgan fingerprint density at radius 2 is 0.779 bits per heavy atom. The van der Waals surface area contributed by atoms with Gasteiger partial charge in [0.2, 0.25) is 0 Å². The molecule has 0 radical (unpaired) electrons. The quantitative estimate of drug-likeness (QED) is 0.00829. The monoisotopic (exact) mass is 1420 g/mol. The molecule has 0 fully saturated rings. The molecule has 0 spiro atoms. The van der Waals surface area contributed by atoms with Gasteiger partial charge >= 0.3 is 35.7 Å². The van der Waals surface area contributed by atoms with Crippen LogP contribution in [0.5, 0.6) is 0 Å². The molecular weight excluding hydrogens is 1280 g/mol. The first-order valence-electron chi connectivity index (χ1n) is 32.6. The summed E-state index contributed by atoms with van der Waals surface area (Å²) < 4.78 is 108. The number of alkyl halides is 1. The van der Waals surface area contributed by atoms with E-state index < -0.39 is 29.0 Å². The normalized spacial score (nSPS) is 10.2. The average Bonchev–Trinajstić information content (AvgIpc) is 0.962. The summed E-state index contributed by atoms with van der Waals surface area (Å²) in [5, 5.41) is 57.0. The van der Waals surface area contributed by atoms with E-state index >= 15 is 0 Å². The number of halogens is 1. The molecule has 0 aliphatic rings. The molecule has 95 heavy (non-hydrogen) atoms. The van der Waals surface area contributed by atoms with Gasteiger partial charge in [-0.25, -0.2) is 4.79 Å². The molecule has 0 saturated heterocycles. The largest absolute Gasteiger partial charge is 1.00 e. The van der Waals surface area contributed by atoms with Gasteiger partial charge in [0.15, 0.2) is 0 Å². The number of hydrogen-bond acceptors (Lipinski definition) is 23. The van der Waals surface area contributed by atoms with Crippen molar-refractivity contribution in [3.8, 4) is 0 Å². The van der Waals surface area contributed by atoms with Gasteiger partial charge in [-0.3, -0.25) is 13.5 Å². The maximum Gasteiger partial charge on any atom is 1.00 e. The summed E-state index contributed by atoms with van der Waals surface area (Å²) >= 11 is 0. The Hall–Kier alpha value is -2.73. The second-order valence-corrected chi connectivity index (χ2v) is 20.7. The standard InChI is InChI=1S/C16H26O6S.C14H29NO5.C9H19N3O3.C9H21NO3.C9H20O4.C2H6.CH3F.3CH4.N3.Na/c1-15-5-7-16(8-6-15)23(18,19)22-14-4-13-21-12-3-11-20-10-2-9-17;1-14(2,3)20-13(17)15-7-4-9-18-11-6-12-19-10-5-8-16;10-12-11-4-1-6-14-8-3-9-15-7-2-5-13;2*10-4-1-6-12-8-3-9-13-7-2-5-11;2*1-2;;;;1-3-2;/h5-8,17H,2-4,9-14H2,1H3;16H,4-12H2,1-3H3,(H,15,17);13H,1-9H2;11H,1-10H2;10-11H,1-9H2;1-2H3;1H3;3*1H4;;/q;;;;;;;;;;-1;+1/i;;;;;2*1D;;;;;. The number of alkyl carbamates (subject to hydrolysis) is 1. The van der Waals surface area contributed by atoms with Crippen LogP contribution in [0.15, 0.2) is 34.3 Å². The number of azide groups is 1. The fourth-order valence-electron chi connectivity index (χ4n) is 5.58. The van der Waals surface area contributed by atoms with Crippen LogP contribution in [0.2, 0.25) is 0 Å². The third kappa shape index (κ3) is 122. The number of nitrogens with one attached hydrogen (secondary N) is 1. The molecule has 0 aliphatic heterocycles. The number of benzene rings is 1. The fourth-order valence-corrected chi connectivity index (χ4v) is 6.53. The molecule has 568 valence electrons. The Balaban J connectivity index is -0.000000103. The van der Waals surface area contributed by atoms with E-state index in [1.807, 2.05) is 27.7 Å². The van der Waals surface area contributed by atoms with Crippen LogP contribution in [0.3, 0.4) is 0 Å². The van der Waals surface area contributed by atoms with Crippen LogP contribution in [0.25, 0.3) is 26.4 Å². The minimum atomic E-state index is -3.68. The summed E-state index contributed by atoms with van der Waals surface area (Å²) in [6.07, 6.45) is 10.9. The van der Waals surface area contributed by atoms with Gasteiger partial charge in [-0.2, -0.15) is 8.42 Å². The molecule has 1 aromatic carbocycles. The summed E-state index contributed by atoms with van der Waals surface area (Å²) in [6.45, 7) is 25.2. The van der Waals surface area contributed by atoms with Crippen molar-refractivity contribution in [2.75, 3.05) is 205 Å². The molecule has 0 atom stereocenters. The molecule has 9 N–H and O–H groups in total. The zero-order valence-corrected chi connectivity index (χ0v) is 59.7. The van der Waals surface area contributed by atoms with Crippen LogP contribution in [0.4, 0.5) is 9.18 Å². The van der Waals surface area contributed by atoms with Gasteiger partial charge in [-0.1, -0.05) is 58.9 Å². The van der Waals surface area contributed by atoms with Gasteiger partial charge in [0.25, 0.3) is 10.1 Å². The van der Waals surface area contributed by atoms with E-state index in [4.69, 9.17) is 112 Å². The van der Waals surface area contributed by atoms with E-state index in [9.17, 15) is 17.6 Å². The predicted octanol–water partition coefficient (Wildman–Crippen LogP) is 6.80. The zero-order chi connectivity index (χ0) is 71.1. The number of aryl methyl sites for hydroxylation is 1. The van der Waals surface area contributed by atoms with Crippen LogP contribution in [-0.2, 0) is 66.4 Å². The molecule has 32 heteroatoms. The smallest absolute Gasteiger partial charge is 0.444 e. The van der Waals surface area contributed by atoms with Crippen molar-refractivity contribution in [1.29, 1.82) is 0 Å². The van der Waals surface area contributed by atoms with Crippen LogP contribution < -0.4 is 40.6 Å². The number of amides is 1. The van der Waals surface area contributed by atoms with E-state index in [0.717, 1.165) is 70.1 Å². The SMILES string of the molecule is C.C.C.CC(C)(C)OC(=O)NCCCOCCCOCCCO.Cc1ccc(S(=O)(=O)OCCCOCCCOCCCO)cc1.NCCCOCCCOCCCO.OCCCOCCCOCCCO.[2H]CC.[2H]CF.[N-]=[N+]=NCCCOCCCOCCCO.[N-]=[N+]=[N-].[Na+]. The average molecular weight is 1420 g/mol. The third-order valence-electron chi connectivity index (χ3n) is 9.79. The van der Waals surface area contributed by atoms with Gasteiger partial charge in [0, 0.05) is 191 Å². The minimum absolute atomic E-state index is 0. The Morgan fingerprint density at radius 3 is 1.04 bits per heavy atom. The fraction of sp³-hybridized carbons (Fsp3) is 0.889. The number of carbonyl (C=O) groups is 1. The van der Waals surface area contributed by atoms with Crippen molar-refractivity contribution in [2.45, 2.75) is 171 Å². The molecule has 29 nitrogen and oxygen atoms in total. The van der Waals surface area contributed by atoms with Gasteiger partial charge < -0.3 is 105 Å². The number of rotatable bonds is 55.